The van der Waals surface area contributed by atoms with Crippen molar-refractivity contribution in [2.75, 3.05) is 0 Å². The lowest BCUT2D eigenvalue weighted by atomic mass is 9.78. The largest absolute Gasteiger partial charge is 0.207 e. The van der Waals surface area contributed by atoms with Crippen LogP contribution in [0.15, 0.2) is 36.4 Å². The molecule has 0 nitrogen and oxygen atoms in total. The van der Waals surface area contributed by atoms with Crippen LogP contribution in [0, 0.1) is 34.9 Å². The number of unbranched alkanes of at least 4 members (excludes halogenated alkanes) is 2. The van der Waals surface area contributed by atoms with Gasteiger partial charge in [0.2, 0.25) is 0 Å². The summed E-state index contributed by atoms with van der Waals surface area (Å²) in [5.41, 5.74) is 1.10. The predicted molar refractivity (Wildman–Crippen MR) is 116 cm³/mol. The van der Waals surface area contributed by atoms with E-state index >= 15 is 4.39 Å². The number of rotatable bonds is 6. The molecule has 0 amide bonds. The predicted octanol–water partition coefficient (Wildman–Crippen LogP) is 8.19. The Balaban J connectivity index is 1.62. The molecule has 0 aromatic heterocycles. The number of halogens is 6. The summed E-state index contributed by atoms with van der Waals surface area (Å²) in [5, 5.41) is 0. The second-order valence-electron chi connectivity index (χ2n) is 8.69. The lowest BCUT2D eigenvalue weighted by Gasteiger charge is -2.27. The third kappa shape index (κ3) is 4.66. The smallest absolute Gasteiger partial charge is 0.194 e. The number of benzene rings is 3. The zero-order chi connectivity index (χ0) is 23.7. The second-order valence-corrected chi connectivity index (χ2v) is 8.69. The van der Waals surface area contributed by atoms with E-state index in [1.54, 1.807) is 12.1 Å². The van der Waals surface area contributed by atoms with E-state index in [4.69, 9.17) is 0 Å². The monoisotopic (exact) mass is 462 g/mol. The average Bonchev–Trinajstić information content (AvgIpc) is 2.77. The fourth-order valence-corrected chi connectivity index (χ4v) is 4.71. The van der Waals surface area contributed by atoms with Crippen LogP contribution in [0.25, 0.3) is 11.1 Å². The molecule has 3 aromatic carbocycles. The minimum absolute atomic E-state index is 0.225. The van der Waals surface area contributed by atoms with E-state index in [1.165, 1.54) is 0 Å². The highest BCUT2D eigenvalue weighted by molar-refractivity contribution is 5.67. The first-order valence-corrected chi connectivity index (χ1v) is 11.2. The average molecular weight is 462 g/mol. The Kier molecular flexibility index (Phi) is 6.82. The molecule has 1 aliphatic rings. The maximum absolute atomic E-state index is 15.2. The fraction of sp³-hybridized carbons (Fsp3) is 0.333. The van der Waals surface area contributed by atoms with Gasteiger partial charge in [-0.15, -0.1) is 0 Å². The van der Waals surface area contributed by atoms with Crippen LogP contribution in [0.4, 0.5) is 26.3 Å². The summed E-state index contributed by atoms with van der Waals surface area (Å²) in [7, 11) is 0. The Labute approximate surface area is 189 Å². The summed E-state index contributed by atoms with van der Waals surface area (Å²) in [5.74, 6) is -7.19. The van der Waals surface area contributed by atoms with Crippen molar-refractivity contribution in [1.82, 2.24) is 0 Å². The van der Waals surface area contributed by atoms with E-state index in [0.717, 1.165) is 37.3 Å². The standard InChI is InChI=1S/C27H24F6/c1-2-3-4-5-15-6-8-19(21(28)10-15)16-7-9-20-17(11-16)12-22(29)25(26(20)32)18-13-23(30)27(33)24(31)14-18/h6,8,10,12-14,16H,2-5,7,9,11H2,1H3. The van der Waals surface area contributed by atoms with Gasteiger partial charge >= 0.3 is 0 Å². The van der Waals surface area contributed by atoms with Gasteiger partial charge in [0.05, 0.1) is 5.56 Å². The van der Waals surface area contributed by atoms with Crippen molar-refractivity contribution in [3.05, 3.63) is 93.6 Å². The lowest BCUT2D eigenvalue weighted by Crippen LogP contribution is -2.17. The molecule has 0 N–H and O–H groups in total. The zero-order valence-corrected chi connectivity index (χ0v) is 18.3. The Hall–Kier alpha value is -2.76. The van der Waals surface area contributed by atoms with Crippen LogP contribution in [-0.2, 0) is 19.3 Å². The molecule has 0 heterocycles. The minimum atomic E-state index is -1.70. The van der Waals surface area contributed by atoms with Crippen LogP contribution in [0.2, 0.25) is 0 Å². The first kappa shape index (κ1) is 23.4. The second kappa shape index (κ2) is 9.62. The zero-order valence-electron chi connectivity index (χ0n) is 18.3. The van der Waals surface area contributed by atoms with E-state index in [1.807, 2.05) is 6.07 Å². The molecule has 174 valence electrons. The van der Waals surface area contributed by atoms with Crippen molar-refractivity contribution in [2.24, 2.45) is 0 Å². The number of hydrogen-bond acceptors (Lipinski definition) is 0. The van der Waals surface area contributed by atoms with Crippen molar-refractivity contribution >= 4 is 0 Å². The first-order valence-electron chi connectivity index (χ1n) is 11.2. The van der Waals surface area contributed by atoms with E-state index in [2.05, 4.69) is 6.92 Å². The Morgan fingerprint density at radius 3 is 2.18 bits per heavy atom. The lowest BCUT2D eigenvalue weighted by molar-refractivity contribution is 0.447. The SMILES string of the molecule is CCCCCc1ccc(C2CCc3c(cc(F)c(-c4cc(F)c(F)c(F)c4)c3F)C2)c(F)c1. The molecule has 0 saturated heterocycles. The van der Waals surface area contributed by atoms with Gasteiger partial charge in [-0.3, -0.25) is 0 Å². The van der Waals surface area contributed by atoms with E-state index in [9.17, 15) is 22.0 Å². The highest BCUT2D eigenvalue weighted by Gasteiger charge is 2.28. The van der Waals surface area contributed by atoms with Gasteiger partial charge < -0.3 is 0 Å². The number of aryl methyl sites for hydroxylation is 1. The molecular weight excluding hydrogens is 438 g/mol. The van der Waals surface area contributed by atoms with Gasteiger partial charge in [-0.05, 0) is 90.1 Å². The summed E-state index contributed by atoms with van der Waals surface area (Å²) in [6.45, 7) is 2.11. The molecular formula is C27H24F6. The van der Waals surface area contributed by atoms with Crippen molar-refractivity contribution < 1.29 is 26.3 Å². The van der Waals surface area contributed by atoms with Crippen molar-refractivity contribution in [1.29, 1.82) is 0 Å². The molecule has 0 aliphatic heterocycles. The van der Waals surface area contributed by atoms with Gasteiger partial charge in [0, 0.05) is 0 Å². The third-order valence-electron chi connectivity index (χ3n) is 6.47. The number of hydrogen-bond donors (Lipinski definition) is 0. The summed E-state index contributed by atoms with van der Waals surface area (Å²) < 4.78 is 85.4. The molecule has 1 unspecified atom stereocenters. The van der Waals surface area contributed by atoms with Crippen LogP contribution >= 0.6 is 0 Å². The van der Waals surface area contributed by atoms with Gasteiger partial charge in [0.15, 0.2) is 17.5 Å². The van der Waals surface area contributed by atoms with Gasteiger partial charge in [0.25, 0.3) is 0 Å². The van der Waals surface area contributed by atoms with E-state index in [-0.39, 0.29) is 30.1 Å². The van der Waals surface area contributed by atoms with Crippen LogP contribution in [-0.4, -0.2) is 0 Å². The third-order valence-corrected chi connectivity index (χ3v) is 6.47. The van der Waals surface area contributed by atoms with E-state index < -0.39 is 40.2 Å². The molecule has 1 atom stereocenters. The van der Waals surface area contributed by atoms with Crippen LogP contribution in [0.3, 0.4) is 0 Å². The fourth-order valence-electron chi connectivity index (χ4n) is 4.71. The maximum Gasteiger partial charge on any atom is 0.194 e. The molecule has 0 fully saturated rings. The summed E-state index contributed by atoms with van der Waals surface area (Å²) in [6, 6.07) is 7.51. The molecule has 6 heteroatoms. The van der Waals surface area contributed by atoms with E-state index in [0.29, 0.717) is 29.7 Å². The minimum Gasteiger partial charge on any atom is -0.207 e. The van der Waals surface area contributed by atoms with Crippen LogP contribution in [0.5, 0.6) is 0 Å². The molecule has 0 bridgehead atoms. The topological polar surface area (TPSA) is 0 Å². The van der Waals surface area contributed by atoms with Crippen molar-refractivity contribution in [2.45, 2.75) is 57.8 Å². The van der Waals surface area contributed by atoms with Gasteiger partial charge in [0.1, 0.15) is 17.5 Å². The number of fused-ring (bicyclic) bond motifs is 1. The Morgan fingerprint density at radius 2 is 1.52 bits per heavy atom. The van der Waals surface area contributed by atoms with Gasteiger partial charge in [-0.2, -0.15) is 0 Å². The molecule has 33 heavy (non-hydrogen) atoms. The molecule has 0 spiro atoms. The van der Waals surface area contributed by atoms with Crippen molar-refractivity contribution in [3.8, 4) is 11.1 Å². The maximum atomic E-state index is 15.2. The molecule has 0 radical (unpaired) electrons. The van der Waals surface area contributed by atoms with Crippen LogP contribution < -0.4 is 0 Å². The summed E-state index contributed by atoms with van der Waals surface area (Å²) in [6.07, 6.45) is 4.90. The molecule has 0 saturated carbocycles. The van der Waals surface area contributed by atoms with Gasteiger partial charge in [-0.1, -0.05) is 31.9 Å². The molecule has 3 aromatic rings. The summed E-state index contributed by atoms with van der Waals surface area (Å²) >= 11 is 0. The van der Waals surface area contributed by atoms with Crippen molar-refractivity contribution in [3.63, 3.8) is 0 Å². The van der Waals surface area contributed by atoms with Crippen LogP contribution in [0.1, 0.15) is 60.8 Å². The normalized spacial score (nSPS) is 15.5. The highest BCUT2D eigenvalue weighted by Crippen LogP contribution is 2.39. The highest BCUT2D eigenvalue weighted by atomic mass is 19.2. The quantitative estimate of drug-likeness (QED) is 0.197. The summed E-state index contributed by atoms with van der Waals surface area (Å²) in [4.78, 5) is 0. The Bertz CT molecular complexity index is 1160. The first-order chi connectivity index (χ1) is 15.8. The Morgan fingerprint density at radius 1 is 0.788 bits per heavy atom. The molecule has 4 rings (SSSR count). The van der Waals surface area contributed by atoms with Gasteiger partial charge in [-0.25, -0.2) is 26.3 Å². The molecule has 1 aliphatic carbocycles.